The molecule has 0 saturated heterocycles. The number of ether oxygens (including phenoxy) is 2. The Balaban J connectivity index is 1.66. The van der Waals surface area contributed by atoms with Gasteiger partial charge in [0, 0.05) is 17.8 Å². The lowest BCUT2D eigenvalue weighted by molar-refractivity contribution is 0.0601. The van der Waals surface area contributed by atoms with Crippen LogP contribution in [0.4, 0.5) is 11.4 Å². The van der Waals surface area contributed by atoms with Crippen LogP contribution in [-0.2, 0) is 21.2 Å². The summed E-state index contributed by atoms with van der Waals surface area (Å²) in [5.74, 6) is -0.774. The topological polar surface area (TPSA) is 102 Å². The molecule has 0 saturated carbocycles. The number of methoxy groups -OCH3 is 2. The number of hydrogen-bond acceptors (Lipinski definition) is 6. The fraction of sp³-hybridized carbons (Fsp3) is 0.231. The maximum Gasteiger partial charge on any atom is 0.339 e. The minimum atomic E-state index is -3.95. The molecule has 0 fully saturated rings. The van der Waals surface area contributed by atoms with Crippen molar-refractivity contribution in [3.05, 3.63) is 81.9 Å². The van der Waals surface area contributed by atoms with Crippen LogP contribution in [0.15, 0.2) is 59.5 Å². The highest BCUT2D eigenvalue weighted by Crippen LogP contribution is 2.36. The molecule has 0 aliphatic carbocycles. The van der Waals surface area contributed by atoms with Crippen LogP contribution in [-0.4, -0.2) is 41.1 Å². The third kappa shape index (κ3) is 4.89. The molecular formula is C26H25ClN2O6S. The SMILES string of the molecule is COC(=O)c1ccc(NC(=O)c2ccc3c(c2)N(S(=O)(=O)c2cc(C)ccc2OC)CCC3)cc1Cl. The van der Waals surface area contributed by atoms with Crippen LogP contribution in [0, 0.1) is 6.92 Å². The van der Waals surface area contributed by atoms with Gasteiger partial charge in [-0.25, -0.2) is 13.2 Å². The summed E-state index contributed by atoms with van der Waals surface area (Å²) in [6.07, 6.45) is 1.34. The normalized spacial score (nSPS) is 13.1. The van der Waals surface area contributed by atoms with E-state index in [-0.39, 0.29) is 33.3 Å². The number of fused-ring (bicyclic) bond motifs is 1. The lowest BCUT2D eigenvalue weighted by atomic mass is 10.0. The van der Waals surface area contributed by atoms with Crippen molar-refractivity contribution in [2.24, 2.45) is 0 Å². The van der Waals surface area contributed by atoms with Gasteiger partial charge in [0.15, 0.2) is 0 Å². The zero-order chi connectivity index (χ0) is 26.0. The summed E-state index contributed by atoms with van der Waals surface area (Å²) in [6, 6.07) is 14.5. The second-order valence-electron chi connectivity index (χ2n) is 8.32. The second-order valence-corrected chi connectivity index (χ2v) is 10.6. The van der Waals surface area contributed by atoms with Gasteiger partial charge in [0.2, 0.25) is 0 Å². The minimum Gasteiger partial charge on any atom is -0.495 e. The maximum atomic E-state index is 13.7. The van der Waals surface area contributed by atoms with Gasteiger partial charge in [0.05, 0.1) is 30.5 Å². The number of anilines is 2. The summed E-state index contributed by atoms with van der Waals surface area (Å²) in [5.41, 5.74) is 2.91. The molecule has 3 aromatic rings. The number of sulfonamides is 1. The van der Waals surface area contributed by atoms with E-state index >= 15 is 0 Å². The molecule has 0 spiro atoms. The molecule has 1 N–H and O–H groups in total. The number of nitrogens with one attached hydrogen (secondary N) is 1. The molecule has 0 bridgehead atoms. The van der Waals surface area contributed by atoms with Crippen LogP contribution >= 0.6 is 11.6 Å². The Morgan fingerprint density at radius 2 is 1.81 bits per heavy atom. The Morgan fingerprint density at radius 1 is 1.03 bits per heavy atom. The largest absolute Gasteiger partial charge is 0.495 e. The van der Waals surface area contributed by atoms with Crippen molar-refractivity contribution in [1.82, 2.24) is 0 Å². The van der Waals surface area contributed by atoms with E-state index in [4.69, 9.17) is 16.3 Å². The Bertz CT molecular complexity index is 1450. The smallest absolute Gasteiger partial charge is 0.339 e. The number of nitrogens with zero attached hydrogens (tertiary/aromatic N) is 1. The zero-order valence-electron chi connectivity index (χ0n) is 20.0. The van der Waals surface area contributed by atoms with Crippen LogP contribution < -0.4 is 14.4 Å². The van der Waals surface area contributed by atoms with E-state index in [1.54, 1.807) is 36.4 Å². The number of hydrogen-bond donors (Lipinski definition) is 1. The second kappa shape index (κ2) is 10.2. The molecule has 1 aliphatic heterocycles. The molecule has 8 nitrogen and oxygen atoms in total. The molecule has 0 unspecified atom stereocenters. The lowest BCUT2D eigenvalue weighted by Crippen LogP contribution is -2.36. The minimum absolute atomic E-state index is 0.0769. The Kier molecular flexibility index (Phi) is 7.23. The van der Waals surface area contributed by atoms with Crippen molar-refractivity contribution in [3.63, 3.8) is 0 Å². The van der Waals surface area contributed by atoms with E-state index < -0.39 is 21.9 Å². The van der Waals surface area contributed by atoms with E-state index in [1.807, 2.05) is 6.92 Å². The van der Waals surface area contributed by atoms with Crippen LogP contribution in [0.2, 0.25) is 5.02 Å². The molecule has 3 aromatic carbocycles. The zero-order valence-corrected chi connectivity index (χ0v) is 21.6. The average Bonchev–Trinajstić information content (AvgIpc) is 2.87. The van der Waals surface area contributed by atoms with Crippen molar-refractivity contribution >= 4 is 44.9 Å². The number of amides is 1. The predicted octanol–water partition coefficient (Wildman–Crippen LogP) is 4.84. The molecular weight excluding hydrogens is 504 g/mol. The summed E-state index contributed by atoms with van der Waals surface area (Å²) in [5, 5.41) is 2.87. The van der Waals surface area contributed by atoms with Gasteiger partial charge in [-0.3, -0.25) is 9.10 Å². The highest BCUT2D eigenvalue weighted by atomic mass is 35.5. The summed E-state index contributed by atoms with van der Waals surface area (Å²) in [7, 11) is -1.26. The predicted molar refractivity (Wildman–Crippen MR) is 138 cm³/mol. The van der Waals surface area contributed by atoms with Gasteiger partial charge in [-0.15, -0.1) is 0 Å². The molecule has 10 heteroatoms. The van der Waals surface area contributed by atoms with Crippen LogP contribution in [0.1, 0.15) is 38.3 Å². The quantitative estimate of drug-likeness (QED) is 0.459. The third-order valence-electron chi connectivity index (χ3n) is 5.94. The molecule has 1 heterocycles. The van der Waals surface area contributed by atoms with Crippen LogP contribution in [0.5, 0.6) is 5.75 Å². The van der Waals surface area contributed by atoms with Gasteiger partial charge in [-0.05, 0) is 73.4 Å². The van der Waals surface area contributed by atoms with E-state index in [9.17, 15) is 18.0 Å². The third-order valence-corrected chi connectivity index (χ3v) is 8.09. The van der Waals surface area contributed by atoms with E-state index in [0.29, 0.717) is 24.2 Å². The fourth-order valence-corrected chi connectivity index (χ4v) is 6.14. The molecule has 36 heavy (non-hydrogen) atoms. The van der Waals surface area contributed by atoms with E-state index in [2.05, 4.69) is 10.1 Å². The Hall–Kier alpha value is -3.56. The molecule has 4 rings (SSSR count). The first kappa shape index (κ1) is 25.5. The number of halogens is 1. The van der Waals surface area contributed by atoms with Crippen LogP contribution in [0.25, 0.3) is 0 Å². The number of carbonyl (C=O) groups is 2. The summed E-state index contributed by atoms with van der Waals surface area (Å²) < 4.78 is 38.7. The summed E-state index contributed by atoms with van der Waals surface area (Å²) in [4.78, 5) is 24.8. The van der Waals surface area contributed by atoms with Crippen molar-refractivity contribution in [3.8, 4) is 5.75 Å². The van der Waals surface area contributed by atoms with Gasteiger partial charge >= 0.3 is 5.97 Å². The number of esters is 1. The van der Waals surface area contributed by atoms with E-state index in [1.165, 1.54) is 36.7 Å². The molecule has 0 atom stereocenters. The van der Waals surface area contributed by atoms with Gasteiger partial charge in [-0.2, -0.15) is 0 Å². The first-order valence-electron chi connectivity index (χ1n) is 11.1. The van der Waals surface area contributed by atoms with Crippen molar-refractivity contribution in [2.45, 2.75) is 24.7 Å². The highest BCUT2D eigenvalue weighted by molar-refractivity contribution is 7.93. The van der Waals surface area contributed by atoms with Crippen molar-refractivity contribution in [1.29, 1.82) is 0 Å². The first-order valence-corrected chi connectivity index (χ1v) is 13.0. The van der Waals surface area contributed by atoms with Gasteiger partial charge in [0.1, 0.15) is 10.6 Å². The molecule has 0 radical (unpaired) electrons. The number of rotatable bonds is 6. The fourth-order valence-electron chi connectivity index (χ4n) is 4.11. The highest BCUT2D eigenvalue weighted by Gasteiger charge is 2.32. The first-order chi connectivity index (χ1) is 17.1. The van der Waals surface area contributed by atoms with Gasteiger partial charge in [0.25, 0.3) is 15.9 Å². The van der Waals surface area contributed by atoms with Gasteiger partial charge in [-0.1, -0.05) is 23.7 Å². The molecule has 1 aliphatic rings. The summed E-state index contributed by atoms with van der Waals surface area (Å²) in [6.45, 7) is 2.09. The van der Waals surface area contributed by atoms with Gasteiger partial charge < -0.3 is 14.8 Å². The number of benzene rings is 3. The Morgan fingerprint density at radius 3 is 2.50 bits per heavy atom. The maximum absolute atomic E-state index is 13.7. The van der Waals surface area contributed by atoms with Crippen molar-refractivity contribution in [2.75, 3.05) is 30.4 Å². The molecule has 188 valence electrons. The van der Waals surface area contributed by atoms with Crippen LogP contribution in [0.3, 0.4) is 0 Å². The van der Waals surface area contributed by atoms with Crippen molar-refractivity contribution < 1.29 is 27.5 Å². The Labute approximate surface area is 214 Å². The van der Waals surface area contributed by atoms with E-state index in [0.717, 1.165) is 11.1 Å². The molecule has 1 amide bonds. The summed E-state index contributed by atoms with van der Waals surface area (Å²) >= 11 is 6.15. The standard InChI is InChI=1S/C26H25ClN2O6S/c1-16-6-11-23(34-2)24(13-16)36(32,33)29-12-4-5-17-7-8-18(14-22(17)29)25(30)28-19-9-10-20(21(27)15-19)26(31)35-3/h6-11,13-15H,4-5,12H2,1-3H3,(H,28,30). The monoisotopic (exact) mass is 528 g/mol. The number of carbonyl (C=O) groups excluding carboxylic acids is 2. The average molecular weight is 529 g/mol. The molecule has 0 aromatic heterocycles. The number of aryl methyl sites for hydroxylation is 2. The lowest BCUT2D eigenvalue weighted by Gasteiger charge is -2.31.